The topological polar surface area (TPSA) is 17.8 Å². The number of hydrogen-bond donors (Lipinski definition) is 0. The van der Waals surface area contributed by atoms with Crippen molar-refractivity contribution >= 4 is 0 Å². The smallest absolute Gasteiger partial charge is 0.0963 e. The quantitative estimate of drug-likeness (QED) is 0.393. The van der Waals surface area contributed by atoms with Gasteiger partial charge in [-0.1, -0.05) is 84.8 Å². The second kappa shape index (κ2) is 7.47. The Kier molecular flexibility index (Phi) is 4.87. The van der Waals surface area contributed by atoms with E-state index >= 15 is 0 Å². The Hall–Kier alpha value is -3.13. The van der Waals surface area contributed by atoms with Crippen molar-refractivity contribution in [1.29, 1.82) is 0 Å². The Morgan fingerprint density at radius 3 is 1.89 bits per heavy atom. The first-order valence-electron chi connectivity index (χ1n) is 9.90. The zero-order valence-corrected chi connectivity index (χ0v) is 17.0. The lowest BCUT2D eigenvalue weighted by Crippen LogP contribution is -2.03. The van der Waals surface area contributed by atoms with Crippen LogP contribution in [-0.4, -0.2) is 9.78 Å². The van der Waals surface area contributed by atoms with Crippen molar-refractivity contribution in [3.05, 3.63) is 95.1 Å². The van der Waals surface area contributed by atoms with Crippen molar-refractivity contribution in [3.8, 4) is 28.2 Å². The van der Waals surface area contributed by atoms with Crippen molar-refractivity contribution in [3.63, 3.8) is 0 Å². The average Bonchev–Trinajstić information content (AvgIpc) is 3.06. The largest absolute Gasteiger partial charge is 0.232 e. The average molecular weight is 367 g/mol. The van der Waals surface area contributed by atoms with Crippen LogP contribution in [-0.2, 0) is 6.42 Å². The lowest BCUT2D eigenvalue weighted by atomic mass is 10.0. The van der Waals surface area contributed by atoms with Gasteiger partial charge in [0.05, 0.1) is 17.1 Å². The highest BCUT2D eigenvalue weighted by molar-refractivity contribution is 5.76. The van der Waals surface area contributed by atoms with E-state index in [1.54, 1.807) is 0 Å². The lowest BCUT2D eigenvalue weighted by molar-refractivity contribution is 0.873. The zero-order chi connectivity index (χ0) is 19.7. The van der Waals surface area contributed by atoms with Gasteiger partial charge in [-0.05, 0) is 38.8 Å². The summed E-state index contributed by atoms with van der Waals surface area (Å²) >= 11 is 0. The van der Waals surface area contributed by atoms with Crippen molar-refractivity contribution in [2.45, 2.75) is 34.1 Å². The fourth-order valence-electron chi connectivity index (χ4n) is 3.72. The van der Waals surface area contributed by atoms with Crippen LogP contribution in [0.1, 0.15) is 29.2 Å². The van der Waals surface area contributed by atoms with Crippen LogP contribution < -0.4 is 0 Å². The van der Waals surface area contributed by atoms with E-state index in [1.807, 2.05) is 0 Å². The molecule has 28 heavy (non-hydrogen) atoms. The van der Waals surface area contributed by atoms with Crippen molar-refractivity contribution in [1.82, 2.24) is 9.78 Å². The van der Waals surface area contributed by atoms with E-state index < -0.39 is 0 Å². The van der Waals surface area contributed by atoms with E-state index in [1.165, 1.54) is 27.8 Å². The highest BCUT2D eigenvalue weighted by Gasteiger charge is 2.19. The number of aromatic nitrogens is 2. The summed E-state index contributed by atoms with van der Waals surface area (Å²) in [5, 5.41) is 5.10. The number of nitrogens with zero attached hydrogens (tertiary/aromatic N) is 2. The zero-order valence-electron chi connectivity index (χ0n) is 17.0. The van der Waals surface area contributed by atoms with Gasteiger partial charge in [0.1, 0.15) is 0 Å². The third kappa shape index (κ3) is 3.27. The van der Waals surface area contributed by atoms with Gasteiger partial charge in [0.25, 0.3) is 0 Å². The molecule has 2 heteroatoms. The molecule has 0 aliphatic carbocycles. The molecule has 0 fully saturated rings. The number of rotatable bonds is 4. The van der Waals surface area contributed by atoms with Crippen LogP contribution in [0.3, 0.4) is 0 Å². The molecule has 140 valence electrons. The number of aryl methyl sites for hydroxylation is 3. The Bertz CT molecular complexity index is 1100. The molecule has 0 N–H and O–H groups in total. The van der Waals surface area contributed by atoms with Gasteiger partial charge in [-0.25, -0.2) is 4.68 Å². The molecule has 0 saturated heterocycles. The fraction of sp³-hybridized carbons (Fsp3) is 0.192. The van der Waals surface area contributed by atoms with Gasteiger partial charge in [0, 0.05) is 16.7 Å². The van der Waals surface area contributed by atoms with Gasteiger partial charge < -0.3 is 0 Å². The minimum Gasteiger partial charge on any atom is -0.232 e. The normalized spacial score (nSPS) is 11.0. The van der Waals surface area contributed by atoms with Gasteiger partial charge in [0.15, 0.2) is 0 Å². The van der Waals surface area contributed by atoms with Crippen LogP contribution in [0.25, 0.3) is 28.2 Å². The summed E-state index contributed by atoms with van der Waals surface area (Å²) in [6.07, 6.45) is 0.974. The van der Waals surface area contributed by atoms with Crippen LogP contribution >= 0.6 is 0 Å². The maximum Gasteiger partial charge on any atom is 0.0963 e. The van der Waals surface area contributed by atoms with E-state index in [0.717, 1.165) is 29.1 Å². The van der Waals surface area contributed by atoms with Gasteiger partial charge in [-0.2, -0.15) is 5.10 Å². The molecule has 0 aliphatic heterocycles. The molecular weight excluding hydrogens is 340 g/mol. The SMILES string of the molecule is CCc1ccccc1-n1nc(-c2ccc(C)cc2)c(C)c1-c1ccc(C)cc1. The predicted octanol–water partition coefficient (Wildman–Crippen LogP) is 6.69. The summed E-state index contributed by atoms with van der Waals surface area (Å²) in [6, 6.07) is 25.9. The fourth-order valence-corrected chi connectivity index (χ4v) is 3.72. The van der Waals surface area contributed by atoms with E-state index in [2.05, 4.69) is 105 Å². The molecule has 0 radical (unpaired) electrons. The third-order valence-corrected chi connectivity index (χ3v) is 5.37. The molecule has 0 bridgehead atoms. The standard InChI is InChI=1S/C26H26N2/c1-5-21-8-6-7-9-24(21)28-26(23-16-12-19(3)13-17-23)20(4)25(27-28)22-14-10-18(2)11-15-22/h6-17H,5H2,1-4H3. The summed E-state index contributed by atoms with van der Waals surface area (Å²) < 4.78 is 2.13. The minimum absolute atomic E-state index is 0.974. The molecule has 3 aromatic carbocycles. The van der Waals surface area contributed by atoms with E-state index in [9.17, 15) is 0 Å². The third-order valence-electron chi connectivity index (χ3n) is 5.37. The summed E-state index contributed by atoms with van der Waals surface area (Å²) in [5.41, 5.74) is 10.7. The molecule has 0 amide bonds. The number of para-hydroxylation sites is 1. The first-order chi connectivity index (χ1) is 13.6. The molecule has 0 spiro atoms. The van der Waals surface area contributed by atoms with Crippen molar-refractivity contribution in [2.75, 3.05) is 0 Å². The maximum absolute atomic E-state index is 5.10. The number of hydrogen-bond acceptors (Lipinski definition) is 1. The van der Waals surface area contributed by atoms with E-state index in [0.29, 0.717) is 0 Å². The van der Waals surface area contributed by atoms with Crippen LogP contribution in [0.2, 0.25) is 0 Å². The molecule has 0 aliphatic rings. The van der Waals surface area contributed by atoms with Gasteiger partial charge in [-0.3, -0.25) is 0 Å². The van der Waals surface area contributed by atoms with Gasteiger partial charge in [0.2, 0.25) is 0 Å². The minimum atomic E-state index is 0.974. The lowest BCUT2D eigenvalue weighted by Gasteiger charge is -2.12. The molecule has 4 aromatic rings. The van der Waals surface area contributed by atoms with Gasteiger partial charge in [-0.15, -0.1) is 0 Å². The molecule has 4 rings (SSSR count). The van der Waals surface area contributed by atoms with Crippen LogP contribution in [0.15, 0.2) is 72.8 Å². The van der Waals surface area contributed by atoms with Crippen LogP contribution in [0.4, 0.5) is 0 Å². The molecule has 0 unspecified atom stereocenters. The Morgan fingerprint density at radius 2 is 1.29 bits per heavy atom. The molecule has 0 saturated carbocycles. The predicted molar refractivity (Wildman–Crippen MR) is 118 cm³/mol. The molecule has 0 atom stereocenters. The molecule has 1 heterocycles. The van der Waals surface area contributed by atoms with Crippen molar-refractivity contribution in [2.24, 2.45) is 0 Å². The van der Waals surface area contributed by atoms with Crippen LogP contribution in [0.5, 0.6) is 0 Å². The first kappa shape index (κ1) is 18.2. The Labute approximate surface area is 167 Å². The molecule has 2 nitrogen and oxygen atoms in total. The van der Waals surface area contributed by atoms with E-state index in [4.69, 9.17) is 5.10 Å². The summed E-state index contributed by atoms with van der Waals surface area (Å²) in [7, 11) is 0. The monoisotopic (exact) mass is 366 g/mol. The van der Waals surface area contributed by atoms with Gasteiger partial charge >= 0.3 is 0 Å². The second-order valence-electron chi connectivity index (χ2n) is 7.45. The van der Waals surface area contributed by atoms with E-state index in [-0.39, 0.29) is 0 Å². The summed E-state index contributed by atoms with van der Waals surface area (Å²) in [4.78, 5) is 0. The Morgan fingerprint density at radius 1 is 0.714 bits per heavy atom. The van der Waals surface area contributed by atoms with Crippen molar-refractivity contribution < 1.29 is 0 Å². The molecular formula is C26H26N2. The highest BCUT2D eigenvalue weighted by atomic mass is 15.3. The Balaban J connectivity index is 1.99. The highest BCUT2D eigenvalue weighted by Crippen LogP contribution is 2.34. The summed E-state index contributed by atoms with van der Waals surface area (Å²) in [6.45, 7) is 8.62. The maximum atomic E-state index is 5.10. The van der Waals surface area contributed by atoms with Crippen LogP contribution in [0, 0.1) is 20.8 Å². The molecule has 1 aromatic heterocycles. The second-order valence-corrected chi connectivity index (χ2v) is 7.45. The first-order valence-corrected chi connectivity index (χ1v) is 9.90. The summed E-state index contributed by atoms with van der Waals surface area (Å²) in [5.74, 6) is 0. The number of benzene rings is 3.